The average molecular weight is 411 g/mol. The van der Waals surface area contributed by atoms with Crippen LogP contribution in [-0.2, 0) is 10.8 Å². The average Bonchev–Trinajstić information content (AvgIpc) is 2.62. The van der Waals surface area contributed by atoms with Crippen molar-refractivity contribution in [3.8, 4) is 0 Å². The van der Waals surface area contributed by atoms with Gasteiger partial charge >= 0.3 is 0 Å². The van der Waals surface area contributed by atoms with Crippen molar-refractivity contribution in [2.75, 3.05) is 10.6 Å². The van der Waals surface area contributed by atoms with Crippen molar-refractivity contribution in [2.45, 2.75) is 65.7 Å². The number of anilines is 3. The molecule has 2 N–H and O–H groups in total. The molecule has 2 aromatic rings. The highest BCUT2D eigenvalue weighted by molar-refractivity contribution is 6.36. The molecule has 29 heavy (non-hydrogen) atoms. The van der Waals surface area contributed by atoms with Crippen LogP contribution in [0.4, 0.5) is 17.1 Å². The maximum absolute atomic E-state index is 6.73. The summed E-state index contributed by atoms with van der Waals surface area (Å²) in [4.78, 5) is 0. The molecular formula is C26H35ClN2. The van der Waals surface area contributed by atoms with Gasteiger partial charge in [0.15, 0.2) is 0 Å². The third-order valence-electron chi connectivity index (χ3n) is 4.87. The normalized spacial score (nSPS) is 12.6. The third-order valence-corrected chi connectivity index (χ3v) is 5.27. The van der Waals surface area contributed by atoms with Crippen molar-refractivity contribution < 1.29 is 0 Å². The number of hydrogen-bond donors (Lipinski definition) is 2. The SMILES string of the molecule is C=C/C(=C\CC)Nc1cccc(Nc2cc(C(C)(C)C)cc(C(C)(C)C)c2)c1Cl. The summed E-state index contributed by atoms with van der Waals surface area (Å²) < 4.78 is 0. The lowest BCUT2D eigenvalue weighted by molar-refractivity contribution is 0.569. The summed E-state index contributed by atoms with van der Waals surface area (Å²) in [6, 6.07) is 12.7. The molecule has 0 saturated carbocycles. The van der Waals surface area contributed by atoms with Gasteiger partial charge in [-0.2, -0.15) is 0 Å². The molecule has 0 fully saturated rings. The number of hydrogen-bond acceptors (Lipinski definition) is 2. The van der Waals surface area contributed by atoms with Crippen LogP contribution in [0.2, 0.25) is 5.02 Å². The number of allylic oxidation sites excluding steroid dienone is 2. The van der Waals surface area contributed by atoms with Gasteiger partial charge in [-0.25, -0.2) is 0 Å². The monoisotopic (exact) mass is 410 g/mol. The predicted octanol–water partition coefficient (Wildman–Crippen LogP) is 8.57. The Labute approximate surface area is 182 Å². The molecule has 0 aliphatic heterocycles. The first-order valence-corrected chi connectivity index (χ1v) is 10.6. The van der Waals surface area contributed by atoms with Gasteiger partial charge in [0, 0.05) is 11.4 Å². The molecule has 156 valence electrons. The fourth-order valence-corrected chi connectivity index (χ4v) is 3.23. The Morgan fingerprint density at radius 2 is 1.52 bits per heavy atom. The van der Waals surface area contributed by atoms with Gasteiger partial charge in [0.25, 0.3) is 0 Å². The van der Waals surface area contributed by atoms with Gasteiger partial charge in [0.1, 0.15) is 0 Å². The Morgan fingerprint density at radius 3 is 2.00 bits per heavy atom. The first-order chi connectivity index (χ1) is 13.5. The zero-order valence-corrected chi connectivity index (χ0v) is 19.7. The number of benzene rings is 2. The molecule has 0 aromatic heterocycles. The maximum Gasteiger partial charge on any atom is 0.0875 e. The van der Waals surface area contributed by atoms with E-state index in [0.717, 1.165) is 29.2 Å². The first-order valence-electron chi connectivity index (χ1n) is 10.3. The van der Waals surface area contributed by atoms with Crippen molar-refractivity contribution in [1.29, 1.82) is 0 Å². The predicted molar refractivity (Wildman–Crippen MR) is 131 cm³/mol. The summed E-state index contributed by atoms with van der Waals surface area (Å²) in [5.41, 5.74) is 6.48. The lowest BCUT2D eigenvalue weighted by atomic mass is 9.80. The zero-order valence-electron chi connectivity index (χ0n) is 18.9. The second-order valence-electron chi connectivity index (χ2n) is 9.49. The Kier molecular flexibility index (Phi) is 7.24. The molecule has 0 aliphatic carbocycles. The van der Waals surface area contributed by atoms with Crippen LogP contribution in [0.25, 0.3) is 0 Å². The molecule has 0 bridgehead atoms. The van der Waals surface area contributed by atoms with Crippen LogP contribution in [0.15, 0.2) is 60.8 Å². The summed E-state index contributed by atoms with van der Waals surface area (Å²) in [5.74, 6) is 0. The highest BCUT2D eigenvalue weighted by Gasteiger charge is 2.21. The van der Waals surface area contributed by atoms with E-state index >= 15 is 0 Å². The molecule has 0 heterocycles. The minimum absolute atomic E-state index is 0.0642. The lowest BCUT2D eigenvalue weighted by Gasteiger charge is -2.26. The van der Waals surface area contributed by atoms with E-state index in [1.54, 1.807) is 0 Å². The molecule has 2 aromatic carbocycles. The van der Waals surface area contributed by atoms with E-state index in [4.69, 9.17) is 11.6 Å². The molecule has 3 heteroatoms. The second-order valence-corrected chi connectivity index (χ2v) is 9.87. The fraction of sp³-hybridized carbons (Fsp3) is 0.385. The van der Waals surface area contributed by atoms with Gasteiger partial charge in [-0.3, -0.25) is 0 Å². The second kappa shape index (κ2) is 9.09. The molecule has 0 amide bonds. The van der Waals surface area contributed by atoms with E-state index in [1.807, 2.05) is 24.3 Å². The zero-order chi connectivity index (χ0) is 21.8. The Morgan fingerprint density at radius 1 is 0.966 bits per heavy atom. The van der Waals surface area contributed by atoms with Crippen molar-refractivity contribution in [2.24, 2.45) is 0 Å². The quantitative estimate of drug-likeness (QED) is 0.466. The van der Waals surface area contributed by atoms with Crippen LogP contribution in [0, 0.1) is 0 Å². The van der Waals surface area contributed by atoms with Gasteiger partial charge in [0.2, 0.25) is 0 Å². The Balaban J connectivity index is 2.45. The van der Waals surface area contributed by atoms with Gasteiger partial charge in [-0.15, -0.1) is 0 Å². The molecule has 0 atom stereocenters. The van der Waals surface area contributed by atoms with Gasteiger partial charge in [-0.05, 0) is 58.7 Å². The summed E-state index contributed by atoms with van der Waals surface area (Å²) in [7, 11) is 0. The van der Waals surface area contributed by atoms with Crippen molar-refractivity contribution in [3.05, 3.63) is 77.0 Å². The van der Waals surface area contributed by atoms with Crippen molar-refractivity contribution in [1.82, 2.24) is 0 Å². The number of nitrogens with one attached hydrogen (secondary N) is 2. The Hall–Kier alpha value is -2.19. The van der Waals surface area contributed by atoms with E-state index in [-0.39, 0.29) is 10.8 Å². The van der Waals surface area contributed by atoms with Crippen LogP contribution >= 0.6 is 11.6 Å². The highest BCUT2D eigenvalue weighted by Crippen LogP contribution is 2.36. The first kappa shape index (κ1) is 23.1. The van der Waals surface area contributed by atoms with Crippen LogP contribution < -0.4 is 10.6 Å². The van der Waals surface area contributed by atoms with Crippen molar-refractivity contribution in [3.63, 3.8) is 0 Å². The van der Waals surface area contributed by atoms with E-state index in [1.165, 1.54) is 11.1 Å². The highest BCUT2D eigenvalue weighted by atomic mass is 35.5. The maximum atomic E-state index is 6.73. The van der Waals surface area contributed by atoms with Gasteiger partial charge in [-0.1, -0.05) is 84.9 Å². The van der Waals surface area contributed by atoms with E-state index < -0.39 is 0 Å². The van der Waals surface area contributed by atoms with Crippen LogP contribution in [-0.4, -0.2) is 0 Å². The summed E-state index contributed by atoms with van der Waals surface area (Å²) in [6.07, 6.45) is 4.83. The topological polar surface area (TPSA) is 24.1 Å². The fourth-order valence-electron chi connectivity index (χ4n) is 3.01. The van der Waals surface area contributed by atoms with Gasteiger partial charge in [0.05, 0.1) is 16.4 Å². The minimum atomic E-state index is 0.0642. The van der Waals surface area contributed by atoms with Gasteiger partial charge < -0.3 is 10.6 Å². The Bertz CT molecular complexity index is 864. The molecule has 2 rings (SSSR count). The molecule has 0 unspecified atom stereocenters. The number of halogens is 1. The summed E-state index contributed by atoms with van der Waals surface area (Å²) in [5, 5.41) is 7.57. The molecular weight excluding hydrogens is 376 g/mol. The minimum Gasteiger partial charge on any atom is -0.355 e. The van der Waals surface area contributed by atoms with Crippen molar-refractivity contribution >= 4 is 28.7 Å². The van der Waals surface area contributed by atoms with Crippen LogP contribution in [0.3, 0.4) is 0 Å². The molecule has 0 radical (unpaired) electrons. The smallest absolute Gasteiger partial charge is 0.0875 e. The van der Waals surface area contributed by atoms with E-state index in [9.17, 15) is 0 Å². The summed E-state index contributed by atoms with van der Waals surface area (Å²) >= 11 is 6.73. The molecule has 0 aliphatic rings. The largest absolute Gasteiger partial charge is 0.355 e. The number of rotatable bonds is 6. The van der Waals surface area contributed by atoms with E-state index in [0.29, 0.717) is 5.02 Å². The lowest BCUT2D eigenvalue weighted by Crippen LogP contribution is -2.16. The van der Waals surface area contributed by atoms with E-state index in [2.05, 4.69) is 90.0 Å². The van der Waals surface area contributed by atoms with Crippen LogP contribution in [0.5, 0.6) is 0 Å². The molecule has 0 saturated heterocycles. The molecule has 2 nitrogen and oxygen atoms in total. The van der Waals surface area contributed by atoms with Crippen LogP contribution in [0.1, 0.15) is 66.0 Å². The third kappa shape index (κ3) is 6.14. The molecule has 0 spiro atoms. The summed E-state index contributed by atoms with van der Waals surface area (Å²) in [6.45, 7) is 19.4. The standard InChI is InChI=1S/C26H35ClN2/c1-9-12-20(10-2)28-22-13-11-14-23(24(22)27)29-21-16-18(25(3,4)5)15-19(17-21)26(6,7)8/h10-17,28-29H,2,9H2,1,3-8H3/b20-12+.